The van der Waals surface area contributed by atoms with Crippen LogP contribution in [0.2, 0.25) is 0 Å². The topological polar surface area (TPSA) is 95.1 Å². The number of carbonyl (C=O) groups is 3. The molecule has 2 heterocycles. The number of pyridine rings is 1. The molecule has 1 aromatic heterocycles. The summed E-state index contributed by atoms with van der Waals surface area (Å²) in [6.45, 7) is 9.49. The Bertz CT molecular complexity index is 1220. The van der Waals surface area contributed by atoms with Gasteiger partial charge < -0.3 is 19.9 Å². The van der Waals surface area contributed by atoms with Crippen molar-refractivity contribution in [2.24, 2.45) is 11.3 Å². The van der Waals surface area contributed by atoms with Gasteiger partial charge in [-0.25, -0.2) is 0 Å². The van der Waals surface area contributed by atoms with Crippen molar-refractivity contribution in [2.45, 2.75) is 72.3 Å². The Morgan fingerprint density at radius 3 is 2.36 bits per heavy atom. The molecular formula is C33H49Cl2N5O4. The van der Waals surface area contributed by atoms with Crippen LogP contribution in [0.5, 0.6) is 5.75 Å². The maximum Gasteiger partial charge on any atom is 0.242 e. The first kappa shape index (κ1) is 37.3. The molecule has 1 aliphatic carbocycles. The largest absolute Gasteiger partial charge is 0.493 e. The smallest absolute Gasteiger partial charge is 0.242 e. The highest BCUT2D eigenvalue weighted by atomic mass is 35.5. The van der Waals surface area contributed by atoms with E-state index in [0.717, 1.165) is 63.8 Å². The number of ether oxygens (including phenoxy) is 1. The predicted octanol–water partition coefficient (Wildman–Crippen LogP) is 5.64. The van der Waals surface area contributed by atoms with Crippen molar-refractivity contribution in [1.82, 2.24) is 15.2 Å². The molecule has 9 nitrogen and oxygen atoms in total. The van der Waals surface area contributed by atoms with E-state index in [4.69, 9.17) is 4.74 Å². The lowest BCUT2D eigenvalue weighted by Crippen LogP contribution is -2.47. The van der Waals surface area contributed by atoms with Crippen LogP contribution in [0, 0.1) is 11.3 Å². The molecular weight excluding hydrogens is 601 g/mol. The first-order valence-electron chi connectivity index (χ1n) is 15.5. The first-order valence-corrected chi connectivity index (χ1v) is 15.5. The lowest BCUT2D eigenvalue weighted by atomic mass is 9.89. The lowest BCUT2D eigenvalue weighted by molar-refractivity contribution is -0.137. The monoisotopic (exact) mass is 649 g/mol. The molecule has 244 valence electrons. The Kier molecular flexibility index (Phi) is 14.9. The zero-order valence-electron chi connectivity index (χ0n) is 26.5. The predicted molar refractivity (Wildman–Crippen MR) is 180 cm³/mol. The van der Waals surface area contributed by atoms with Crippen LogP contribution in [-0.2, 0) is 20.9 Å². The highest BCUT2D eigenvalue weighted by molar-refractivity contribution is 6.20. The normalized spacial score (nSPS) is 16.5. The van der Waals surface area contributed by atoms with Crippen LogP contribution in [0.4, 0.5) is 11.4 Å². The fourth-order valence-corrected chi connectivity index (χ4v) is 5.99. The van der Waals surface area contributed by atoms with Crippen molar-refractivity contribution >= 4 is 53.9 Å². The minimum atomic E-state index is -1.14. The van der Waals surface area contributed by atoms with Crippen LogP contribution in [-0.4, -0.2) is 67.4 Å². The van der Waals surface area contributed by atoms with Crippen molar-refractivity contribution in [2.75, 3.05) is 49.6 Å². The van der Waals surface area contributed by atoms with Gasteiger partial charge in [0.1, 0.15) is 11.2 Å². The zero-order chi connectivity index (χ0) is 30.1. The average molecular weight is 651 g/mol. The highest BCUT2D eigenvalue weighted by Crippen LogP contribution is 2.40. The molecule has 11 heteroatoms. The van der Waals surface area contributed by atoms with Gasteiger partial charge in [0.15, 0.2) is 0 Å². The molecule has 1 aromatic carbocycles. The summed E-state index contributed by atoms with van der Waals surface area (Å²) in [5.41, 5.74) is 1.46. The van der Waals surface area contributed by atoms with Gasteiger partial charge in [0.25, 0.3) is 0 Å². The molecule has 1 aliphatic heterocycles. The van der Waals surface area contributed by atoms with Crippen LogP contribution in [0.3, 0.4) is 0 Å². The molecule has 3 amide bonds. The molecule has 1 saturated carbocycles. The van der Waals surface area contributed by atoms with E-state index in [0.29, 0.717) is 31.1 Å². The second-order valence-corrected chi connectivity index (χ2v) is 12.0. The summed E-state index contributed by atoms with van der Waals surface area (Å²) in [5, 5.41) is 3.16. The van der Waals surface area contributed by atoms with Crippen molar-refractivity contribution in [1.29, 1.82) is 0 Å². The highest BCUT2D eigenvalue weighted by Gasteiger charge is 2.45. The number of anilines is 2. The Labute approximate surface area is 274 Å². The summed E-state index contributed by atoms with van der Waals surface area (Å²) >= 11 is 0. The van der Waals surface area contributed by atoms with E-state index in [1.54, 1.807) is 30.7 Å². The van der Waals surface area contributed by atoms with Crippen molar-refractivity contribution in [3.8, 4) is 5.75 Å². The quantitative estimate of drug-likeness (QED) is 0.223. The molecule has 0 saturated heterocycles. The number of carbonyl (C=O) groups excluding carboxylic acids is 3. The number of nitrogens with one attached hydrogen (secondary N) is 1. The van der Waals surface area contributed by atoms with Crippen LogP contribution in [0.1, 0.15) is 71.3 Å². The van der Waals surface area contributed by atoms with Gasteiger partial charge in [0, 0.05) is 64.1 Å². The van der Waals surface area contributed by atoms with Gasteiger partial charge in [-0.2, -0.15) is 0 Å². The fraction of sp³-hybridized carbons (Fsp3) is 0.576. The standard InChI is InChI=1S/C33H47N5O4.2ClH/c1-5-38-28-14-13-27(23-29(28)36(4)31(40)33(2,3)32(38)41)42-22-10-21-37(24-25-15-18-34-19-16-25)20-9-17-35-30(39)26-11-7-6-8-12-26;;/h13-16,18-19,23,26H,5-12,17,20-22,24H2,1-4H3,(H,35,39);2*1H. The van der Waals surface area contributed by atoms with Gasteiger partial charge in [-0.15, -0.1) is 24.8 Å². The summed E-state index contributed by atoms with van der Waals surface area (Å²) in [5.74, 6) is 0.641. The fourth-order valence-electron chi connectivity index (χ4n) is 5.99. The SMILES string of the molecule is CCN1C(=O)C(C)(C)C(=O)N(C)c2cc(OCCCN(CCCNC(=O)C3CCCCC3)Cc3ccncc3)ccc21.Cl.Cl. The molecule has 4 rings (SSSR count). The minimum absolute atomic E-state index is 0. The lowest BCUT2D eigenvalue weighted by Gasteiger charge is -2.27. The molecule has 1 fully saturated rings. The van der Waals surface area contributed by atoms with Crippen molar-refractivity contribution in [3.05, 3.63) is 48.3 Å². The van der Waals surface area contributed by atoms with Crippen LogP contribution < -0.4 is 19.9 Å². The molecule has 0 bridgehead atoms. The van der Waals surface area contributed by atoms with E-state index >= 15 is 0 Å². The molecule has 2 aliphatic rings. The van der Waals surface area contributed by atoms with Crippen molar-refractivity contribution < 1.29 is 19.1 Å². The number of hydrogen-bond donors (Lipinski definition) is 1. The van der Waals surface area contributed by atoms with Gasteiger partial charge >= 0.3 is 0 Å². The summed E-state index contributed by atoms with van der Waals surface area (Å²) < 4.78 is 6.13. The molecule has 1 N–H and O–H groups in total. The minimum Gasteiger partial charge on any atom is -0.493 e. The average Bonchev–Trinajstić information content (AvgIpc) is 3.06. The summed E-state index contributed by atoms with van der Waals surface area (Å²) in [7, 11) is 1.72. The Morgan fingerprint density at radius 1 is 1.00 bits per heavy atom. The van der Waals surface area contributed by atoms with E-state index in [2.05, 4.69) is 15.2 Å². The molecule has 0 spiro atoms. The van der Waals surface area contributed by atoms with Crippen LogP contribution in [0.15, 0.2) is 42.7 Å². The molecule has 0 atom stereocenters. The number of halogens is 2. The van der Waals surface area contributed by atoms with E-state index in [1.165, 1.54) is 12.0 Å². The van der Waals surface area contributed by atoms with Crippen LogP contribution >= 0.6 is 24.8 Å². The number of amides is 3. The summed E-state index contributed by atoms with van der Waals surface area (Å²) in [4.78, 5) is 48.5. The second-order valence-electron chi connectivity index (χ2n) is 12.0. The maximum atomic E-state index is 13.1. The Morgan fingerprint density at radius 2 is 1.68 bits per heavy atom. The van der Waals surface area contributed by atoms with E-state index in [-0.39, 0.29) is 48.5 Å². The second kappa shape index (κ2) is 17.6. The van der Waals surface area contributed by atoms with E-state index in [1.807, 2.05) is 49.6 Å². The summed E-state index contributed by atoms with van der Waals surface area (Å²) in [6, 6.07) is 9.67. The molecule has 0 unspecified atom stereocenters. The Hall–Kier alpha value is -2.88. The van der Waals surface area contributed by atoms with Gasteiger partial charge in [-0.1, -0.05) is 19.3 Å². The third-order valence-electron chi connectivity index (χ3n) is 8.50. The van der Waals surface area contributed by atoms with Gasteiger partial charge in [0.05, 0.1) is 18.0 Å². The number of benzene rings is 1. The number of aromatic nitrogens is 1. The van der Waals surface area contributed by atoms with E-state index < -0.39 is 5.41 Å². The number of fused-ring (bicyclic) bond motifs is 1. The third kappa shape index (κ3) is 9.31. The molecule has 0 radical (unpaired) electrons. The number of nitrogens with zero attached hydrogens (tertiary/aromatic N) is 4. The number of hydrogen-bond acceptors (Lipinski definition) is 6. The number of rotatable bonds is 13. The first-order chi connectivity index (χ1) is 20.2. The third-order valence-corrected chi connectivity index (χ3v) is 8.50. The van der Waals surface area contributed by atoms with Gasteiger partial charge in [-0.05, 0) is 76.3 Å². The van der Waals surface area contributed by atoms with Crippen LogP contribution in [0.25, 0.3) is 0 Å². The van der Waals surface area contributed by atoms with E-state index in [9.17, 15) is 14.4 Å². The van der Waals surface area contributed by atoms with Gasteiger partial charge in [-0.3, -0.25) is 24.3 Å². The summed E-state index contributed by atoms with van der Waals surface area (Å²) in [6.07, 6.45) is 10.9. The Balaban J connectivity index is 0.00000337. The maximum absolute atomic E-state index is 13.1. The van der Waals surface area contributed by atoms with Gasteiger partial charge in [0.2, 0.25) is 17.7 Å². The molecule has 2 aromatic rings. The molecule has 44 heavy (non-hydrogen) atoms. The van der Waals surface area contributed by atoms with Crippen molar-refractivity contribution in [3.63, 3.8) is 0 Å². The zero-order valence-corrected chi connectivity index (χ0v) is 28.2.